The van der Waals surface area contributed by atoms with Gasteiger partial charge in [0.25, 0.3) is 0 Å². The highest BCUT2D eigenvalue weighted by Crippen LogP contribution is 2.23. The van der Waals surface area contributed by atoms with Gasteiger partial charge in [-0.25, -0.2) is 8.42 Å². The lowest BCUT2D eigenvalue weighted by Crippen LogP contribution is -2.36. The maximum atomic E-state index is 11.7. The molecule has 1 N–H and O–H groups in total. The minimum absolute atomic E-state index is 0.0280. The second kappa shape index (κ2) is 5.55. The van der Waals surface area contributed by atoms with Gasteiger partial charge in [0.2, 0.25) is 0 Å². The van der Waals surface area contributed by atoms with Crippen LogP contribution in [0.25, 0.3) is 10.9 Å². The van der Waals surface area contributed by atoms with Crippen LogP contribution in [-0.2, 0) is 16.4 Å². The zero-order chi connectivity index (χ0) is 14.9. The van der Waals surface area contributed by atoms with Crippen LogP contribution in [0.2, 0.25) is 0 Å². The van der Waals surface area contributed by atoms with Crippen LogP contribution in [0, 0.1) is 12.3 Å². The number of nitrogens with one attached hydrogen (secondary N) is 1. The number of benzene rings is 1. The third-order valence-corrected chi connectivity index (χ3v) is 5.83. The number of aromatic amines is 1. The molecule has 1 aromatic heterocycles. The molecule has 0 bridgehead atoms. The summed E-state index contributed by atoms with van der Waals surface area (Å²) in [5, 5.41) is 1.17. The summed E-state index contributed by atoms with van der Waals surface area (Å²) in [6, 6.07) is 8.19. The highest BCUT2D eigenvalue weighted by molar-refractivity contribution is 7.91. The van der Waals surface area contributed by atoms with Gasteiger partial charge in [-0.1, -0.05) is 18.1 Å². The first-order valence-corrected chi connectivity index (χ1v) is 8.84. The minimum Gasteiger partial charge on any atom is -0.361 e. The molecule has 4 nitrogen and oxygen atoms in total. The Morgan fingerprint density at radius 2 is 2.24 bits per heavy atom. The van der Waals surface area contributed by atoms with Gasteiger partial charge in [-0.15, -0.1) is 6.42 Å². The fourth-order valence-corrected chi connectivity index (χ4v) is 4.76. The molecule has 0 spiro atoms. The number of terminal acetylenes is 1. The third kappa shape index (κ3) is 2.97. The number of sulfone groups is 1. The van der Waals surface area contributed by atoms with Crippen molar-refractivity contribution in [1.82, 2.24) is 9.88 Å². The molecule has 21 heavy (non-hydrogen) atoms. The molecule has 1 fully saturated rings. The first-order chi connectivity index (χ1) is 10.1. The zero-order valence-electron chi connectivity index (χ0n) is 11.7. The van der Waals surface area contributed by atoms with E-state index < -0.39 is 9.84 Å². The van der Waals surface area contributed by atoms with E-state index in [0.717, 1.165) is 5.52 Å². The second-order valence-electron chi connectivity index (χ2n) is 5.52. The molecule has 0 radical (unpaired) electrons. The van der Waals surface area contributed by atoms with Crippen molar-refractivity contribution in [2.75, 3.05) is 18.1 Å². The summed E-state index contributed by atoms with van der Waals surface area (Å²) in [5.74, 6) is 3.15. The molecule has 1 atom stereocenters. The van der Waals surface area contributed by atoms with E-state index in [9.17, 15) is 8.42 Å². The van der Waals surface area contributed by atoms with Gasteiger partial charge >= 0.3 is 0 Å². The van der Waals surface area contributed by atoms with Crippen LogP contribution in [0.3, 0.4) is 0 Å². The first kappa shape index (κ1) is 14.2. The van der Waals surface area contributed by atoms with E-state index in [0.29, 0.717) is 19.5 Å². The molecule has 2 aromatic rings. The average Bonchev–Trinajstić information content (AvgIpc) is 3.05. The summed E-state index contributed by atoms with van der Waals surface area (Å²) >= 11 is 0. The monoisotopic (exact) mass is 302 g/mol. The van der Waals surface area contributed by atoms with Gasteiger partial charge in [0.1, 0.15) is 0 Å². The topological polar surface area (TPSA) is 53.2 Å². The summed E-state index contributed by atoms with van der Waals surface area (Å²) in [5.41, 5.74) is 2.26. The Balaban J connectivity index is 1.86. The summed E-state index contributed by atoms with van der Waals surface area (Å²) in [6.07, 6.45) is 8.05. The van der Waals surface area contributed by atoms with Crippen LogP contribution >= 0.6 is 0 Å². The molecule has 0 amide bonds. The van der Waals surface area contributed by atoms with Crippen molar-refractivity contribution in [2.45, 2.75) is 19.0 Å². The predicted molar refractivity (Wildman–Crippen MR) is 84.6 cm³/mol. The second-order valence-corrected chi connectivity index (χ2v) is 7.75. The SMILES string of the molecule is C#CCN(Cc1cccc2[nH]ccc12)C1CCS(=O)(=O)C1. The predicted octanol–water partition coefficient (Wildman–Crippen LogP) is 1.79. The fourth-order valence-electron chi connectivity index (χ4n) is 3.00. The Hall–Kier alpha value is -1.77. The molecule has 2 heterocycles. The van der Waals surface area contributed by atoms with E-state index in [4.69, 9.17) is 6.42 Å². The number of rotatable bonds is 4. The van der Waals surface area contributed by atoms with Crippen molar-refractivity contribution in [3.05, 3.63) is 36.0 Å². The Labute approximate surface area is 125 Å². The lowest BCUT2D eigenvalue weighted by Gasteiger charge is -2.26. The number of hydrogen-bond acceptors (Lipinski definition) is 3. The van der Waals surface area contributed by atoms with Crippen LogP contribution in [0.1, 0.15) is 12.0 Å². The van der Waals surface area contributed by atoms with E-state index in [-0.39, 0.29) is 17.5 Å². The number of aromatic nitrogens is 1. The maximum Gasteiger partial charge on any atom is 0.151 e. The molecule has 3 rings (SSSR count). The lowest BCUT2D eigenvalue weighted by atomic mass is 10.1. The molecular weight excluding hydrogens is 284 g/mol. The molecular formula is C16H18N2O2S. The zero-order valence-corrected chi connectivity index (χ0v) is 12.6. The molecule has 1 aliphatic heterocycles. The Morgan fingerprint density at radius 1 is 1.38 bits per heavy atom. The Morgan fingerprint density at radius 3 is 2.95 bits per heavy atom. The lowest BCUT2D eigenvalue weighted by molar-refractivity contribution is 0.231. The molecule has 1 unspecified atom stereocenters. The standard InChI is InChI=1S/C16H18N2O2S/c1-2-9-18(14-7-10-21(19,20)12-14)11-13-4-3-5-16-15(13)6-8-17-16/h1,3-6,8,14,17H,7,9-12H2. The molecule has 1 aliphatic rings. The van der Waals surface area contributed by atoms with Crippen LogP contribution in [-0.4, -0.2) is 42.4 Å². The van der Waals surface area contributed by atoms with Crippen molar-refractivity contribution < 1.29 is 8.42 Å². The van der Waals surface area contributed by atoms with Gasteiger partial charge in [-0.2, -0.15) is 0 Å². The number of hydrogen-bond donors (Lipinski definition) is 1. The quantitative estimate of drug-likeness (QED) is 0.876. The maximum absolute atomic E-state index is 11.7. The molecule has 0 saturated carbocycles. The molecule has 0 aliphatic carbocycles. The summed E-state index contributed by atoms with van der Waals surface area (Å²) in [7, 11) is -2.90. The van der Waals surface area contributed by atoms with Crippen molar-refractivity contribution in [3.63, 3.8) is 0 Å². The molecule has 110 valence electrons. The highest BCUT2D eigenvalue weighted by Gasteiger charge is 2.32. The van der Waals surface area contributed by atoms with E-state index in [2.05, 4.69) is 21.9 Å². The van der Waals surface area contributed by atoms with Crippen molar-refractivity contribution in [3.8, 4) is 12.3 Å². The van der Waals surface area contributed by atoms with Crippen LogP contribution in [0.5, 0.6) is 0 Å². The van der Waals surface area contributed by atoms with Crippen LogP contribution in [0.15, 0.2) is 30.5 Å². The van der Waals surface area contributed by atoms with Gasteiger partial charge in [-0.3, -0.25) is 4.90 Å². The van der Waals surface area contributed by atoms with E-state index in [1.165, 1.54) is 10.9 Å². The van der Waals surface area contributed by atoms with E-state index in [1.54, 1.807) is 0 Å². The Bertz CT molecular complexity index is 786. The summed E-state index contributed by atoms with van der Waals surface area (Å²) in [4.78, 5) is 5.30. The van der Waals surface area contributed by atoms with Crippen LogP contribution < -0.4 is 0 Å². The summed E-state index contributed by atoms with van der Waals surface area (Å²) in [6.45, 7) is 1.15. The van der Waals surface area contributed by atoms with E-state index >= 15 is 0 Å². The van der Waals surface area contributed by atoms with Crippen molar-refractivity contribution in [1.29, 1.82) is 0 Å². The van der Waals surface area contributed by atoms with Gasteiger partial charge in [0, 0.05) is 29.7 Å². The first-order valence-electron chi connectivity index (χ1n) is 7.02. The third-order valence-electron chi connectivity index (χ3n) is 4.08. The molecule has 5 heteroatoms. The van der Waals surface area contributed by atoms with Gasteiger partial charge in [0.05, 0.1) is 18.1 Å². The number of fused-ring (bicyclic) bond motifs is 1. The molecule has 1 aromatic carbocycles. The highest BCUT2D eigenvalue weighted by atomic mass is 32.2. The van der Waals surface area contributed by atoms with Crippen molar-refractivity contribution in [2.24, 2.45) is 0 Å². The average molecular weight is 302 g/mol. The van der Waals surface area contributed by atoms with Crippen LogP contribution in [0.4, 0.5) is 0 Å². The minimum atomic E-state index is -2.90. The largest absolute Gasteiger partial charge is 0.361 e. The Kier molecular flexibility index (Phi) is 3.75. The number of nitrogens with zero attached hydrogens (tertiary/aromatic N) is 1. The van der Waals surface area contributed by atoms with Gasteiger partial charge in [0.15, 0.2) is 9.84 Å². The fraction of sp³-hybridized carbons (Fsp3) is 0.375. The number of H-pyrrole nitrogens is 1. The normalized spacial score (nSPS) is 20.9. The summed E-state index contributed by atoms with van der Waals surface area (Å²) < 4.78 is 23.4. The van der Waals surface area contributed by atoms with Gasteiger partial charge < -0.3 is 4.98 Å². The van der Waals surface area contributed by atoms with Gasteiger partial charge in [-0.05, 0) is 24.1 Å². The molecule has 1 saturated heterocycles. The van der Waals surface area contributed by atoms with E-state index in [1.807, 2.05) is 24.4 Å². The van der Waals surface area contributed by atoms with Crippen molar-refractivity contribution >= 4 is 20.7 Å². The smallest absolute Gasteiger partial charge is 0.151 e.